The van der Waals surface area contributed by atoms with Gasteiger partial charge in [-0.25, -0.2) is 0 Å². The van der Waals surface area contributed by atoms with Crippen LogP contribution in [0.15, 0.2) is 24.4 Å². The standard InChI is InChI=1S/C15H20N4/c1-14(2)12(15(14,3)4)11-10(13(16)19-18-11)9-7-5-6-8-17-9/h5-8,12H,1-4H3,(H3,16,18,19). The number of rotatable bonds is 2. The largest absolute Gasteiger partial charge is 0.382 e. The number of nitrogens with one attached hydrogen (secondary N) is 1. The van der Waals surface area contributed by atoms with Crippen LogP contribution in [0, 0.1) is 10.8 Å². The van der Waals surface area contributed by atoms with E-state index in [2.05, 4.69) is 42.9 Å². The Bertz CT molecular complexity index is 596. The molecule has 2 aromatic heterocycles. The molecule has 1 aliphatic rings. The monoisotopic (exact) mass is 256 g/mol. The van der Waals surface area contributed by atoms with Gasteiger partial charge in [-0.05, 0) is 23.0 Å². The molecule has 4 heteroatoms. The van der Waals surface area contributed by atoms with Crippen molar-refractivity contribution in [3.8, 4) is 11.3 Å². The lowest BCUT2D eigenvalue weighted by Gasteiger charge is -2.05. The summed E-state index contributed by atoms with van der Waals surface area (Å²) in [6.07, 6.45) is 1.79. The Hall–Kier alpha value is -1.84. The molecule has 0 saturated heterocycles. The summed E-state index contributed by atoms with van der Waals surface area (Å²) < 4.78 is 0. The van der Waals surface area contributed by atoms with Gasteiger partial charge < -0.3 is 5.73 Å². The molecule has 0 aliphatic heterocycles. The predicted molar refractivity (Wildman–Crippen MR) is 76.5 cm³/mol. The number of pyridine rings is 1. The molecule has 2 heterocycles. The molecule has 3 N–H and O–H groups in total. The summed E-state index contributed by atoms with van der Waals surface area (Å²) in [5.74, 6) is 0.967. The third kappa shape index (κ3) is 1.52. The lowest BCUT2D eigenvalue weighted by atomic mass is 10.0. The van der Waals surface area contributed by atoms with Crippen molar-refractivity contribution in [3.05, 3.63) is 30.1 Å². The first-order chi connectivity index (χ1) is 8.87. The summed E-state index contributed by atoms with van der Waals surface area (Å²) in [7, 11) is 0. The van der Waals surface area contributed by atoms with Gasteiger partial charge in [-0.15, -0.1) is 0 Å². The van der Waals surface area contributed by atoms with Gasteiger partial charge >= 0.3 is 0 Å². The molecule has 0 bridgehead atoms. The van der Waals surface area contributed by atoms with Gasteiger partial charge in [0.05, 0.1) is 17.0 Å². The Morgan fingerprint density at radius 1 is 1.16 bits per heavy atom. The Balaban J connectivity index is 2.12. The second-order valence-electron chi connectivity index (χ2n) is 6.49. The van der Waals surface area contributed by atoms with Crippen molar-refractivity contribution in [2.75, 3.05) is 5.73 Å². The first-order valence-electron chi connectivity index (χ1n) is 6.62. The number of hydrogen-bond donors (Lipinski definition) is 2. The van der Waals surface area contributed by atoms with E-state index in [4.69, 9.17) is 5.73 Å². The molecule has 0 unspecified atom stereocenters. The second-order valence-corrected chi connectivity index (χ2v) is 6.49. The molecular weight excluding hydrogens is 236 g/mol. The van der Waals surface area contributed by atoms with Gasteiger partial charge in [-0.3, -0.25) is 10.1 Å². The zero-order valence-corrected chi connectivity index (χ0v) is 11.9. The zero-order chi connectivity index (χ0) is 13.8. The van der Waals surface area contributed by atoms with Gasteiger partial charge in [0, 0.05) is 12.1 Å². The number of anilines is 1. The molecule has 0 spiro atoms. The summed E-state index contributed by atoms with van der Waals surface area (Å²) in [5, 5.41) is 7.33. The molecule has 0 radical (unpaired) electrons. The van der Waals surface area contributed by atoms with Crippen LogP contribution in [-0.4, -0.2) is 15.2 Å². The van der Waals surface area contributed by atoms with Crippen LogP contribution in [0.1, 0.15) is 39.3 Å². The zero-order valence-electron chi connectivity index (χ0n) is 11.9. The molecule has 0 amide bonds. The van der Waals surface area contributed by atoms with Crippen molar-refractivity contribution in [3.63, 3.8) is 0 Å². The molecule has 4 nitrogen and oxygen atoms in total. The number of hydrogen-bond acceptors (Lipinski definition) is 3. The van der Waals surface area contributed by atoms with E-state index in [-0.39, 0.29) is 10.8 Å². The van der Waals surface area contributed by atoms with Crippen molar-refractivity contribution in [2.45, 2.75) is 33.6 Å². The fourth-order valence-electron chi connectivity index (χ4n) is 3.28. The van der Waals surface area contributed by atoms with Crippen LogP contribution < -0.4 is 5.73 Å². The highest BCUT2D eigenvalue weighted by atomic mass is 15.2. The topological polar surface area (TPSA) is 67.6 Å². The maximum Gasteiger partial charge on any atom is 0.154 e. The molecule has 0 atom stereocenters. The van der Waals surface area contributed by atoms with Gasteiger partial charge in [0.15, 0.2) is 5.82 Å². The summed E-state index contributed by atoms with van der Waals surface area (Å²) in [6, 6.07) is 5.86. The van der Waals surface area contributed by atoms with Crippen LogP contribution in [0.25, 0.3) is 11.3 Å². The number of nitrogens with zero attached hydrogens (tertiary/aromatic N) is 2. The van der Waals surface area contributed by atoms with Crippen LogP contribution in [0.2, 0.25) is 0 Å². The summed E-state index contributed by atoms with van der Waals surface area (Å²) in [6.45, 7) is 9.15. The Morgan fingerprint density at radius 2 is 1.84 bits per heavy atom. The maximum absolute atomic E-state index is 6.03. The predicted octanol–water partition coefficient (Wildman–Crippen LogP) is 3.20. The van der Waals surface area contributed by atoms with Crippen molar-refractivity contribution < 1.29 is 0 Å². The normalized spacial score (nSPS) is 20.4. The quantitative estimate of drug-likeness (QED) is 0.867. The minimum atomic E-state index is 0.246. The average Bonchev–Trinajstić information content (AvgIpc) is 2.64. The molecular formula is C15H20N4. The maximum atomic E-state index is 6.03. The number of H-pyrrole nitrogens is 1. The molecule has 1 aliphatic carbocycles. The summed E-state index contributed by atoms with van der Waals surface area (Å²) >= 11 is 0. The van der Waals surface area contributed by atoms with Gasteiger partial charge in [-0.2, -0.15) is 5.10 Å². The lowest BCUT2D eigenvalue weighted by Crippen LogP contribution is -1.95. The van der Waals surface area contributed by atoms with Crippen LogP contribution in [0.5, 0.6) is 0 Å². The first kappa shape index (κ1) is 12.2. The van der Waals surface area contributed by atoms with Crippen molar-refractivity contribution >= 4 is 5.82 Å². The number of nitrogen functional groups attached to an aromatic ring is 1. The Labute approximate surface area is 113 Å². The summed E-state index contributed by atoms with van der Waals surface area (Å²) in [4.78, 5) is 4.41. The SMILES string of the molecule is CC1(C)C(c2[nH]nc(N)c2-c2ccccn2)C1(C)C. The molecule has 2 aromatic rings. The Morgan fingerprint density at radius 3 is 2.37 bits per heavy atom. The van der Waals surface area contributed by atoms with E-state index in [0.29, 0.717) is 11.7 Å². The number of aromatic amines is 1. The minimum Gasteiger partial charge on any atom is -0.382 e. The van der Waals surface area contributed by atoms with Crippen molar-refractivity contribution in [1.29, 1.82) is 0 Å². The highest BCUT2D eigenvalue weighted by Crippen LogP contribution is 2.74. The minimum absolute atomic E-state index is 0.246. The van der Waals surface area contributed by atoms with Gasteiger partial charge in [-0.1, -0.05) is 33.8 Å². The van der Waals surface area contributed by atoms with Crippen LogP contribution in [-0.2, 0) is 0 Å². The van der Waals surface area contributed by atoms with E-state index in [1.54, 1.807) is 6.20 Å². The number of nitrogens with two attached hydrogens (primary N) is 1. The third-order valence-corrected chi connectivity index (χ3v) is 5.05. The van der Waals surface area contributed by atoms with E-state index in [1.807, 2.05) is 18.2 Å². The molecule has 100 valence electrons. The molecule has 1 fully saturated rings. The smallest absolute Gasteiger partial charge is 0.154 e. The highest BCUT2D eigenvalue weighted by Gasteiger charge is 2.66. The van der Waals surface area contributed by atoms with E-state index < -0.39 is 0 Å². The third-order valence-electron chi connectivity index (χ3n) is 5.05. The number of aromatic nitrogens is 3. The fraction of sp³-hybridized carbons (Fsp3) is 0.467. The summed E-state index contributed by atoms with van der Waals surface area (Å²) in [5.41, 5.74) is 9.49. The van der Waals surface area contributed by atoms with Crippen LogP contribution in [0.4, 0.5) is 5.82 Å². The average molecular weight is 256 g/mol. The van der Waals surface area contributed by atoms with E-state index in [1.165, 1.54) is 0 Å². The van der Waals surface area contributed by atoms with Crippen molar-refractivity contribution in [2.24, 2.45) is 10.8 Å². The van der Waals surface area contributed by atoms with Crippen LogP contribution >= 0.6 is 0 Å². The lowest BCUT2D eigenvalue weighted by molar-refractivity contribution is 0.457. The fourth-order valence-corrected chi connectivity index (χ4v) is 3.28. The first-order valence-corrected chi connectivity index (χ1v) is 6.62. The second kappa shape index (κ2) is 3.59. The van der Waals surface area contributed by atoms with E-state index in [0.717, 1.165) is 17.0 Å². The van der Waals surface area contributed by atoms with Crippen molar-refractivity contribution in [1.82, 2.24) is 15.2 Å². The van der Waals surface area contributed by atoms with Gasteiger partial charge in [0.2, 0.25) is 0 Å². The highest BCUT2D eigenvalue weighted by molar-refractivity contribution is 5.75. The van der Waals surface area contributed by atoms with Gasteiger partial charge in [0.1, 0.15) is 0 Å². The van der Waals surface area contributed by atoms with E-state index in [9.17, 15) is 0 Å². The molecule has 0 aromatic carbocycles. The molecule has 3 rings (SSSR count). The van der Waals surface area contributed by atoms with Gasteiger partial charge in [0.25, 0.3) is 0 Å². The Kier molecular flexibility index (Phi) is 2.31. The van der Waals surface area contributed by atoms with Crippen LogP contribution in [0.3, 0.4) is 0 Å². The van der Waals surface area contributed by atoms with E-state index >= 15 is 0 Å². The molecule has 19 heavy (non-hydrogen) atoms. The molecule has 1 saturated carbocycles.